The average Bonchev–Trinajstić information content (AvgIpc) is 0.767. The minimum Gasteiger partial charge on any atom is -0.508 e. The molecule has 36 nitrogen and oxygen atoms in total. The number of phenolic OH excluding ortho intramolecular Hbond substituents is 1. The Hall–Kier alpha value is -10.7. The topological polar surface area (TPSA) is 558 Å². The first-order valence-electron chi connectivity index (χ1n) is 38.1. The number of primary amides is 1. The molecule has 19 atom stereocenters. The van der Waals surface area contributed by atoms with Crippen LogP contribution in [0.5, 0.6) is 46.0 Å². The van der Waals surface area contributed by atoms with E-state index in [-0.39, 0.29) is 53.5 Å². The molecule has 0 aromatic heterocycles. The maximum atomic E-state index is 16.3. The van der Waals surface area contributed by atoms with Gasteiger partial charge in [-0.15, -0.1) is 0 Å². The Labute approximate surface area is 675 Å². The number of phenols is 1. The van der Waals surface area contributed by atoms with Gasteiger partial charge in [0, 0.05) is 47.2 Å². The molecule has 0 spiro atoms. The van der Waals surface area contributed by atoms with Crippen molar-refractivity contribution in [2.75, 3.05) is 26.8 Å². The zero-order valence-corrected chi connectivity index (χ0v) is 65.5. The highest BCUT2D eigenvalue weighted by atomic mass is 35.5. The number of halogens is 1. The van der Waals surface area contributed by atoms with E-state index in [0.717, 1.165) is 60.9 Å². The van der Waals surface area contributed by atoms with Crippen LogP contribution >= 0.6 is 11.6 Å². The van der Waals surface area contributed by atoms with E-state index in [9.17, 15) is 65.1 Å². The van der Waals surface area contributed by atoms with Gasteiger partial charge in [0.1, 0.15) is 95.2 Å². The Kier molecular flexibility index (Phi) is 27.7. The molecule has 0 unspecified atom stereocenters. The number of carbonyl (C=O) groups excluding carboxylic acids is 8. The first-order valence-corrected chi connectivity index (χ1v) is 38.5. The number of nitrogens with two attached hydrogens (primary N) is 2. The average molecular weight is 1650 g/mol. The number of carboxylic acid groups (broad SMARTS) is 1. The molecule has 11 bridgehead atoms. The number of aryl methyl sites for hydroxylation is 1. The van der Waals surface area contributed by atoms with E-state index in [0.29, 0.717) is 18.8 Å². The van der Waals surface area contributed by atoms with Crippen LogP contribution in [0.4, 0.5) is 4.79 Å². The molecule has 0 radical (unpaired) electrons. The standard InChI is InChI=1S/C80H97ClN10O26/c1-8-9-22-110-42-15-10-37(11-16-42)20-21-85-79(109)112-43-29-45-58(50(94)30-43)44-25-38(12-17-49(44)93)59-73(103)91-63(76(106)89-61(45)77(107)108)65(97)40-14-19-52(46(81)26-40)114-54-28-41-27-53(68(54)117-78-69(67(99)66(98)55(33-92)115-78)116-57-32-80(6,83)70(100)36(5)111-57)113-51-18-13-39(24-35(51)4)64(96)62(90-71(101)47(84-7)23-34(2)3)75(105)86-48(31-56(82)95)72(102)87-60(41)74(104)88-59/h10-11,13-19,24-30,34,36,38,47-48,55,57,59-67,69-70,78,84,92-94,96-100H,8-9,12,20-23,31-33,83H2,1-7H3,(H2,82,95)(H,85,109)(H,86,105)(H,87,102)(H,88,104)(H,89,106)(H,90,101)(H,91,103)(H,107,108)/t36-,38-,47+,48-,55+,57-,59+,60+,61-,62+,63-,64+,65+,66+,67-,69+,70+,78-,80-/m0/s1. The fraction of sp³-hybridized carbons (Fsp3) is 0.463. The van der Waals surface area contributed by atoms with E-state index in [1.807, 2.05) is 32.9 Å². The molecule has 2 saturated heterocycles. The Bertz CT molecular complexity index is 4640. The molecular formula is C80H97ClN10O26. The van der Waals surface area contributed by atoms with Gasteiger partial charge in [-0.3, -0.25) is 33.6 Å². The third kappa shape index (κ3) is 20.1. The molecule has 0 saturated carbocycles. The van der Waals surface area contributed by atoms with Gasteiger partial charge in [-0.25, -0.2) is 9.59 Å². The fourth-order valence-electron chi connectivity index (χ4n) is 14.6. The summed E-state index contributed by atoms with van der Waals surface area (Å²) in [5.74, 6) is -15.9. The number of carboxylic acids is 1. The van der Waals surface area contributed by atoms with Gasteiger partial charge in [0.25, 0.3) is 0 Å². The Morgan fingerprint density at radius 1 is 0.769 bits per heavy atom. The number of aliphatic carboxylic acids is 1. The van der Waals surface area contributed by atoms with Gasteiger partial charge in [0.05, 0.1) is 42.9 Å². The summed E-state index contributed by atoms with van der Waals surface area (Å²) >= 11 is 7.16. The molecule has 7 aliphatic heterocycles. The maximum absolute atomic E-state index is 16.3. The van der Waals surface area contributed by atoms with E-state index >= 15 is 24.0 Å². The lowest BCUT2D eigenvalue weighted by Crippen LogP contribution is -2.64. The predicted octanol–water partition coefficient (Wildman–Crippen LogP) is 2.37. The summed E-state index contributed by atoms with van der Waals surface area (Å²) in [6, 6.07) is 4.46. The van der Waals surface area contributed by atoms with E-state index in [4.69, 9.17) is 61.0 Å². The van der Waals surface area contributed by atoms with Crippen molar-refractivity contribution in [3.63, 3.8) is 0 Å². The zero-order valence-electron chi connectivity index (χ0n) is 64.8. The number of nitrogens with one attached hydrogen (secondary N) is 8. The van der Waals surface area contributed by atoms with Crippen LogP contribution in [-0.4, -0.2) is 211 Å². The van der Waals surface area contributed by atoms with Crippen molar-refractivity contribution in [2.45, 2.75) is 196 Å². The highest BCUT2D eigenvalue weighted by Crippen LogP contribution is 2.49. The highest BCUT2D eigenvalue weighted by molar-refractivity contribution is 6.32. The van der Waals surface area contributed by atoms with Gasteiger partial charge in [-0.05, 0) is 148 Å². The summed E-state index contributed by atoms with van der Waals surface area (Å²) in [6.45, 7) is 9.81. The van der Waals surface area contributed by atoms with E-state index in [1.54, 1.807) is 12.1 Å². The number of benzene rings is 5. The molecule has 117 heavy (non-hydrogen) atoms. The number of amides is 8. The van der Waals surface area contributed by atoms with Crippen LogP contribution in [0.1, 0.15) is 136 Å². The number of rotatable bonds is 21. The molecule has 8 amide bonds. The van der Waals surface area contributed by atoms with Crippen LogP contribution in [0.15, 0.2) is 103 Å². The van der Waals surface area contributed by atoms with Crippen LogP contribution in [-0.2, 0) is 59.0 Å². The summed E-state index contributed by atoms with van der Waals surface area (Å²) in [5, 5.41) is 126. The maximum Gasteiger partial charge on any atom is 0.412 e. The molecular weight excluding hydrogens is 1550 g/mol. The minimum absolute atomic E-state index is 0.0135. The highest BCUT2D eigenvalue weighted by Gasteiger charge is 2.52. The molecule has 7 heterocycles. The summed E-state index contributed by atoms with van der Waals surface area (Å²) in [5.41, 5.74) is 9.68. The lowest BCUT2D eigenvalue weighted by Gasteiger charge is -2.47. The van der Waals surface area contributed by atoms with Gasteiger partial charge in [0.2, 0.25) is 53.4 Å². The number of ether oxygens (including phenoxy) is 8. The number of aromatic hydroxyl groups is 1. The van der Waals surface area contributed by atoms with E-state index < -0.39 is 250 Å². The summed E-state index contributed by atoms with van der Waals surface area (Å²) < 4.78 is 50.2. The smallest absolute Gasteiger partial charge is 0.412 e. The lowest BCUT2D eigenvalue weighted by atomic mass is 9.82. The number of hydrogen-bond donors (Lipinski definition) is 19. The third-order valence-electron chi connectivity index (χ3n) is 20.9. The minimum atomic E-state index is -2.32. The van der Waals surface area contributed by atoms with Crippen molar-refractivity contribution in [3.8, 4) is 46.0 Å². The SMILES string of the molecule is CCCCOc1ccc(CCNC(=O)Oc2cc(O)c3c(c2)[C@@H](C(=O)O)NC(=O)[C@H]2NC(=O)[C@H](NC(=O)[C@@H]4NC(=O)[C@H](CC(N)=O)NC(=O)[C@H](NC(=O)[C@@H](CC(C)C)NC)[C@H](O)c5ccc(c(C)c5)Oc5cc4cc(c5O[C@@H]4O[C@H](CO)[C@@H](O)[C@H](O)[C@H]4O[C@H]4C[C@](C)(N)[C@H](O)[C@H](C)O4)Oc4ccc(cc4Cl)[C@H]2O)[C@@H]2C=C3C(O)=CC2)cc1. The summed E-state index contributed by atoms with van der Waals surface area (Å²) in [4.78, 5) is 133. The first-order chi connectivity index (χ1) is 55.5. The van der Waals surface area contributed by atoms with Crippen molar-refractivity contribution in [3.05, 3.63) is 147 Å². The quantitative estimate of drug-likeness (QED) is 0.0469. The van der Waals surface area contributed by atoms with E-state index in [2.05, 4.69) is 42.5 Å². The molecule has 8 aliphatic rings. The van der Waals surface area contributed by atoms with Crippen molar-refractivity contribution < 1.29 is 127 Å². The van der Waals surface area contributed by atoms with Gasteiger partial charge < -0.3 is 138 Å². The van der Waals surface area contributed by atoms with E-state index in [1.165, 1.54) is 58.2 Å². The second kappa shape index (κ2) is 37.3. The Morgan fingerprint density at radius 3 is 2.09 bits per heavy atom. The number of likely N-dealkylation sites (N-methyl/N-ethyl adjacent to an activating group) is 1. The van der Waals surface area contributed by atoms with Crippen LogP contribution in [0.3, 0.4) is 0 Å². The number of hydrogen-bond acceptors (Lipinski definition) is 27. The Morgan fingerprint density at radius 2 is 1.44 bits per heavy atom. The predicted molar refractivity (Wildman–Crippen MR) is 413 cm³/mol. The normalized spacial score (nSPS) is 28.2. The van der Waals surface area contributed by atoms with Crippen molar-refractivity contribution in [2.24, 2.45) is 23.3 Å². The lowest BCUT2D eigenvalue weighted by molar-refractivity contribution is -0.333. The zero-order chi connectivity index (χ0) is 84.8. The number of allylic oxidation sites excluding steroid dienone is 2. The van der Waals surface area contributed by atoms with Gasteiger partial charge in [-0.1, -0.05) is 69.1 Å². The molecule has 5 aromatic rings. The largest absolute Gasteiger partial charge is 0.508 e. The fourth-order valence-corrected chi connectivity index (χ4v) is 14.8. The summed E-state index contributed by atoms with van der Waals surface area (Å²) in [7, 11) is 1.49. The molecule has 21 N–H and O–H groups in total. The molecule has 1 aliphatic carbocycles. The molecule has 630 valence electrons. The second-order valence-electron chi connectivity index (χ2n) is 30.3. The number of aliphatic hydroxyl groups excluding tert-OH is 7. The summed E-state index contributed by atoms with van der Waals surface area (Å²) in [6.07, 6.45) is -15.5. The third-order valence-corrected chi connectivity index (χ3v) is 21.2. The number of fused-ring (bicyclic) bond motifs is 14. The number of aliphatic hydroxyl groups is 7. The van der Waals surface area contributed by atoms with Gasteiger partial charge in [0.15, 0.2) is 29.9 Å². The first kappa shape index (κ1) is 87.1. The molecule has 5 aromatic carbocycles. The second-order valence-corrected chi connectivity index (χ2v) is 30.7. The van der Waals surface area contributed by atoms with Gasteiger partial charge in [-0.2, -0.15) is 0 Å². The Balaban J connectivity index is 1.09. The molecule has 2 fully saturated rings. The van der Waals surface area contributed by atoms with Crippen LogP contribution < -0.4 is 77.7 Å². The van der Waals surface area contributed by atoms with Crippen molar-refractivity contribution in [1.29, 1.82) is 0 Å². The van der Waals surface area contributed by atoms with Crippen LogP contribution in [0.25, 0.3) is 5.57 Å². The van der Waals surface area contributed by atoms with Crippen LogP contribution in [0, 0.1) is 18.8 Å². The van der Waals surface area contributed by atoms with Crippen molar-refractivity contribution in [1.82, 2.24) is 42.5 Å². The number of carbonyl (C=O) groups is 9. The number of unbranched alkanes of at least 4 members (excludes halogenated alkanes) is 1. The van der Waals surface area contributed by atoms with Crippen molar-refractivity contribution >= 4 is 70.6 Å². The molecule has 13 rings (SSSR count). The van der Waals surface area contributed by atoms with Gasteiger partial charge >= 0.3 is 12.1 Å². The monoisotopic (exact) mass is 1650 g/mol. The van der Waals surface area contributed by atoms with Crippen LogP contribution in [0.2, 0.25) is 5.02 Å². The molecule has 37 heteroatoms.